The van der Waals surface area contributed by atoms with Gasteiger partial charge in [0, 0.05) is 0 Å². The molecule has 0 heterocycles. The second kappa shape index (κ2) is 5.75. The Hall–Kier alpha value is -1.22. The van der Waals surface area contributed by atoms with Crippen LogP contribution in [0.25, 0.3) is 0 Å². The first-order chi connectivity index (χ1) is 7.49. The number of carbonyl (C=O) groups excluding carboxylic acids is 1. The molecule has 0 saturated carbocycles. The smallest absolute Gasteiger partial charge is 0.325 e. The highest BCUT2D eigenvalue weighted by Crippen LogP contribution is 2.22. The van der Waals surface area contributed by atoms with Crippen molar-refractivity contribution < 1.29 is 9.53 Å². The molecule has 0 aliphatic rings. The Morgan fingerprint density at radius 3 is 2.81 bits per heavy atom. The molecule has 0 atom stereocenters. The molecule has 0 aliphatic carbocycles. The molecule has 0 aliphatic heterocycles. The van der Waals surface area contributed by atoms with Gasteiger partial charge in [0.25, 0.3) is 0 Å². The molecule has 0 aromatic heterocycles. The van der Waals surface area contributed by atoms with Gasteiger partial charge in [-0.2, -0.15) is 0 Å². The maximum absolute atomic E-state index is 11.3. The Labute approximate surface area is 101 Å². The number of hydrogen-bond acceptors (Lipinski definition) is 3. The van der Waals surface area contributed by atoms with E-state index in [0.717, 1.165) is 11.3 Å². The molecule has 0 bridgehead atoms. The average Bonchev–Trinajstić information content (AvgIpc) is 2.18. The molecule has 1 rings (SSSR count). The van der Waals surface area contributed by atoms with Crippen molar-refractivity contribution in [2.75, 3.05) is 11.9 Å². The minimum atomic E-state index is -0.285. The standard InChI is InChI=1S/C12H16ClNO2/c1-8(2)16-12(15)7-14-11-6-9(3)4-5-10(11)13/h4-6,8,14H,7H2,1-3H3. The zero-order chi connectivity index (χ0) is 12.1. The van der Waals surface area contributed by atoms with E-state index in [2.05, 4.69) is 5.32 Å². The van der Waals surface area contributed by atoms with E-state index < -0.39 is 0 Å². The predicted molar refractivity (Wildman–Crippen MR) is 65.9 cm³/mol. The zero-order valence-corrected chi connectivity index (χ0v) is 10.5. The molecule has 0 unspecified atom stereocenters. The van der Waals surface area contributed by atoms with Crippen LogP contribution < -0.4 is 5.32 Å². The summed E-state index contributed by atoms with van der Waals surface area (Å²) in [5.41, 5.74) is 1.84. The van der Waals surface area contributed by atoms with Crippen molar-refractivity contribution >= 4 is 23.3 Å². The van der Waals surface area contributed by atoms with Gasteiger partial charge in [0.05, 0.1) is 16.8 Å². The first-order valence-electron chi connectivity index (χ1n) is 5.18. The lowest BCUT2D eigenvalue weighted by molar-refractivity contribution is -0.145. The summed E-state index contributed by atoms with van der Waals surface area (Å²) < 4.78 is 5.00. The first-order valence-corrected chi connectivity index (χ1v) is 5.56. The fourth-order valence-electron chi connectivity index (χ4n) is 1.25. The first kappa shape index (κ1) is 12.8. The molecule has 0 radical (unpaired) electrons. The maximum atomic E-state index is 11.3. The molecule has 0 saturated heterocycles. The fraction of sp³-hybridized carbons (Fsp3) is 0.417. The van der Waals surface area contributed by atoms with Crippen LogP contribution in [0.1, 0.15) is 19.4 Å². The highest BCUT2D eigenvalue weighted by Gasteiger charge is 2.06. The molecule has 0 amide bonds. The SMILES string of the molecule is Cc1ccc(Cl)c(NCC(=O)OC(C)C)c1. The molecule has 4 heteroatoms. The van der Waals surface area contributed by atoms with Gasteiger partial charge < -0.3 is 10.1 Å². The molecule has 1 aromatic rings. The van der Waals surface area contributed by atoms with Crippen molar-refractivity contribution in [2.24, 2.45) is 0 Å². The van der Waals surface area contributed by atoms with E-state index in [4.69, 9.17) is 16.3 Å². The summed E-state index contributed by atoms with van der Waals surface area (Å²) in [5, 5.41) is 3.55. The number of rotatable bonds is 4. The quantitative estimate of drug-likeness (QED) is 0.824. The van der Waals surface area contributed by atoms with E-state index in [-0.39, 0.29) is 18.6 Å². The van der Waals surface area contributed by atoms with Crippen LogP contribution in [0, 0.1) is 6.92 Å². The molecular formula is C12H16ClNO2. The molecule has 0 spiro atoms. The van der Waals surface area contributed by atoms with E-state index in [9.17, 15) is 4.79 Å². The van der Waals surface area contributed by atoms with Crippen LogP contribution in [0.4, 0.5) is 5.69 Å². The van der Waals surface area contributed by atoms with Crippen LogP contribution >= 0.6 is 11.6 Å². The Bertz CT molecular complexity index is 377. The number of carbonyl (C=O) groups is 1. The third kappa shape index (κ3) is 4.11. The van der Waals surface area contributed by atoms with Gasteiger partial charge in [-0.3, -0.25) is 4.79 Å². The van der Waals surface area contributed by atoms with Crippen molar-refractivity contribution in [1.82, 2.24) is 0 Å². The van der Waals surface area contributed by atoms with Gasteiger partial charge >= 0.3 is 5.97 Å². The van der Waals surface area contributed by atoms with Gasteiger partial charge in [-0.15, -0.1) is 0 Å². The van der Waals surface area contributed by atoms with Crippen LogP contribution in [0.15, 0.2) is 18.2 Å². The third-order valence-electron chi connectivity index (χ3n) is 1.91. The van der Waals surface area contributed by atoms with Gasteiger partial charge in [0.2, 0.25) is 0 Å². The zero-order valence-electron chi connectivity index (χ0n) is 9.71. The number of benzene rings is 1. The minimum absolute atomic E-state index is 0.0951. The van der Waals surface area contributed by atoms with E-state index in [0.29, 0.717) is 5.02 Å². The number of ether oxygens (including phenoxy) is 1. The Balaban J connectivity index is 2.54. The lowest BCUT2D eigenvalue weighted by Gasteiger charge is -2.11. The molecule has 1 N–H and O–H groups in total. The molecule has 0 fully saturated rings. The van der Waals surface area contributed by atoms with Crippen LogP contribution in [0.2, 0.25) is 5.02 Å². The summed E-state index contributed by atoms with van der Waals surface area (Å²) in [7, 11) is 0. The summed E-state index contributed by atoms with van der Waals surface area (Å²) in [6, 6.07) is 5.61. The summed E-state index contributed by atoms with van der Waals surface area (Å²) in [4.78, 5) is 11.3. The van der Waals surface area contributed by atoms with E-state index in [1.54, 1.807) is 6.07 Å². The van der Waals surface area contributed by atoms with Crippen molar-refractivity contribution in [3.8, 4) is 0 Å². The van der Waals surface area contributed by atoms with E-state index in [1.165, 1.54) is 0 Å². The largest absolute Gasteiger partial charge is 0.462 e. The molecule has 16 heavy (non-hydrogen) atoms. The van der Waals surface area contributed by atoms with Gasteiger partial charge in [-0.1, -0.05) is 17.7 Å². The fourth-order valence-corrected chi connectivity index (χ4v) is 1.43. The van der Waals surface area contributed by atoms with Crippen LogP contribution in [-0.4, -0.2) is 18.6 Å². The summed E-state index contributed by atoms with van der Waals surface area (Å²) >= 11 is 5.97. The number of halogens is 1. The Morgan fingerprint density at radius 2 is 2.19 bits per heavy atom. The monoisotopic (exact) mass is 241 g/mol. The predicted octanol–water partition coefficient (Wildman–Crippen LogP) is 3.01. The Morgan fingerprint density at radius 1 is 1.50 bits per heavy atom. The number of aryl methyl sites for hydroxylation is 1. The third-order valence-corrected chi connectivity index (χ3v) is 2.24. The van der Waals surface area contributed by atoms with Gasteiger partial charge in [0.15, 0.2) is 0 Å². The lowest BCUT2D eigenvalue weighted by Crippen LogP contribution is -2.20. The Kier molecular flexibility index (Phi) is 4.62. The van der Waals surface area contributed by atoms with Crippen molar-refractivity contribution in [2.45, 2.75) is 26.9 Å². The van der Waals surface area contributed by atoms with E-state index >= 15 is 0 Å². The molecule has 88 valence electrons. The van der Waals surface area contributed by atoms with Gasteiger partial charge in [-0.05, 0) is 38.5 Å². The van der Waals surface area contributed by atoms with Crippen molar-refractivity contribution in [3.05, 3.63) is 28.8 Å². The van der Waals surface area contributed by atoms with Crippen LogP contribution in [0.3, 0.4) is 0 Å². The topological polar surface area (TPSA) is 38.3 Å². The normalized spacial score (nSPS) is 10.3. The second-order valence-corrected chi connectivity index (χ2v) is 4.28. The highest BCUT2D eigenvalue weighted by atomic mass is 35.5. The van der Waals surface area contributed by atoms with Crippen LogP contribution in [-0.2, 0) is 9.53 Å². The maximum Gasteiger partial charge on any atom is 0.325 e. The molecular weight excluding hydrogens is 226 g/mol. The number of esters is 1. The lowest BCUT2D eigenvalue weighted by atomic mass is 10.2. The molecule has 3 nitrogen and oxygen atoms in total. The van der Waals surface area contributed by atoms with Gasteiger partial charge in [0.1, 0.15) is 6.54 Å². The molecule has 1 aromatic carbocycles. The van der Waals surface area contributed by atoms with E-state index in [1.807, 2.05) is 32.9 Å². The summed E-state index contributed by atoms with van der Waals surface area (Å²) in [5.74, 6) is -0.285. The number of hydrogen-bond donors (Lipinski definition) is 1. The number of anilines is 1. The van der Waals surface area contributed by atoms with Crippen molar-refractivity contribution in [3.63, 3.8) is 0 Å². The van der Waals surface area contributed by atoms with Crippen molar-refractivity contribution in [1.29, 1.82) is 0 Å². The minimum Gasteiger partial charge on any atom is -0.462 e. The summed E-state index contributed by atoms with van der Waals surface area (Å²) in [6.45, 7) is 5.73. The highest BCUT2D eigenvalue weighted by molar-refractivity contribution is 6.33. The second-order valence-electron chi connectivity index (χ2n) is 3.88. The van der Waals surface area contributed by atoms with Gasteiger partial charge in [-0.25, -0.2) is 0 Å². The average molecular weight is 242 g/mol. The summed E-state index contributed by atoms with van der Waals surface area (Å²) in [6.07, 6.45) is -0.0951. The number of nitrogens with one attached hydrogen (secondary N) is 1. The van der Waals surface area contributed by atoms with Crippen LogP contribution in [0.5, 0.6) is 0 Å².